The van der Waals surface area contributed by atoms with Crippen molar-refractivity contribution in [2.24, 2.45) is 0 Å². The summed E-state index contributed by atoms with van der Waals surface area (Å²) in [6.45, 7) is 6.32. The van der Waals surface area contributed by atoms with Crippen LogP contribution in [0.5, 0.6) is 0 Å². The summed E-state index contributed by atoms with van der Waals surface area (Å²) in [4.78, 5) is 62.8. The number of carbonyl (C=O) groups excluding carboxylic acids is 5. The maximum Gasteiger partial charge on any atom is 0.413 e. The summed E-state index contributed by atoms with van der Waals surface area (Å²) in [5, 5.41) is 10.4. The molecule has 1 atom stereocenters. The minimum Gasteiger partial charge on any atom is -0.448 e. The number of fused-ring (bicyclic) bond motifs is 3. The highest BCUT2D eigenvalue weighted by atomic mass is 16.6. The van der Waals surface area contributed by atoms with E-state index in [1.165, 1.54) is 0 Å². The largest absolute Gasteiger partial charge is 0.448 e. The molecular weight excluding hydrogens is 664 g/mol. The highest BCUT2D eigenvalue weighted by Crippen LogP contribution is 2.44. The van der Waals surface area contributed by atoms with Crippen LogP contribution >= 0.6 is 0 Å². The van der Waals surface area contributed by atoms with E-state index < -0.39 is 35.8 Å². The zero-order valence-electron chi connectivity index (χ0n) is 30.2. The average molecular weight is 715 g/mol. The summed E-state index contributed by atoms with van der Waals surface area (Å²) in [5.74, 6) is -0.988. The van der Waals surface area contributed by atoms with Crippen molar-refractivity contribution >= 4 is 30.1 Å². The molecule has 0 saturated heterocycles. The summed E-state index contributed by atoms with van der Waals surface area (Å²) in [7, 11) is 0. The van der Waals surface area contributed by atoms with E-state index in [4.69, 9.17) is 14.2 Å². The van der Waals surface area contributed by atoms with Crippen molar-refractivity contribution in [3.05, 3.63) is 95.6 Å². The number of benzene rings is 3. The number of rotatable bonds is 17. The molecule has 0 bridgehead atoms. The van der Waals surface area contributed by atoms with E-state index in [2.05, 4.69) is 21.3 Å². The van der Waals surface area contributed by atoms with Gasteiger partial charge < -0.3 is 30.2 Å². The molecule has 0 spiro atoms. The summed E-state index contributed by atoms with van der Waals surface area (Å²) in [6, 6.07) is 24.0. The first-order valence-electron chi connectivity index (χ1n) is 17.9. The van der Waals surface area contributed by atoms with Gasteiger partial charge in [-0.25, -0.2) is 14.4 Å². The standard InChI is InChI=1S/C40H50N4O8/c1-40(2,3)52-37(47)42-25-14-5-8-23-35(45)41-24-15-13-22-34(43-38(48)50-26-28-16-6-4-7-17-28)36(46)44-39(49)51-27-33-31-20-11-9-18-29(31)30-19-10-12-21-32(30)33/h4,6-7,9-12,16-21,33-34H,5,8,13-15,22-27H2,1-3H3,(H,41,45)(H,42,47)(H,43,48)(H,44,46,49). The molecule has 0 radical (unpaired) electrons. The number of unbranched alkanes of at least 4 members (excludes halogenated alkanes) is 3. The third kappa shape index (κ3) is 13.1. The van der Waals surface area contributed by atoms with E-state index in [1.807, 2.05) is 78.9 Å². The fourth-order valence-corrected chi connectivity index (χ4v) is 5.88. The monoisotopic (exact) mass is 714 g/mol. The van der Waals surface area contributed by atoms with E-state index in [0.717, 1.165) is 40.7 Å². The molecule has 278 valence electrons. The Labute approximate surface area is 305 Å². The van der Waals surface area contributed by atoms with Crippen LogP contribution in [0.1, 0.15) is 88.3 Å². The Balaban J connectivity index is 1.20. The molecule has 4 N–H and O–H groups in total. The Kier molecular flexibility index (Phi) is 15.0. The third-order valence-corrected chi connectivity index (χ3v) is 8.38. The van der Waals surface area contributed by atoms with Crippen molar-refractivity contribution in [2.75, 3.05) is 19.7 Å². The average Bonchev–Trinajstić information content (AvgIpc) is 3.43. The molecule has 12 nitrogen and oxygen atoms in total. The second-order valence-electron chi connectivity index (χ2n) is 13.7. The van der Waals surface area contributed by atoms with Gasteiger partial charge in [-0.3, -0.25) is 14.9 Å². The predicted octanol–water partition coefficient (Wildman–Crippen LogP) is 6.72. The van der Waals surface area contributed by atoms with E-state index in [1.54, 1.807) is 20.8 Å². The molecule has 0 fully saturated rings. The fraction of sp³-hybridized carbons (Fsp3) is 0.425. The predicted molar refractivity (Wildman–Crippen MR) is 196 cm³/mol. The van der Waals surface area contributed by atoms with Crippen LogP contribution in [0.4, 0.5) is 14.4 Å². The molecular formula is C40H50N4O8. The van der Waals surface area contributed by atoms with Gasteiger partial charge in [0.05, 0.1) is 0 Å². The number of imide groups is 1. The Bertz CT molecular complexity index is 1610. The number of amides is 5. The maximum atomic E-state index is 13.2. The van der Waals surface area contributed by atoms with Crippen molar-refractivity contribution in [2.45, 2.75) is 89.9 Å². The van der Waals surface area contributed by atoms with Crippen LogP contribution in [0.25, 0.3) is 11.1 Å². The van der Waals surface area contributed by atoms with Gasteiger partial charge in [0.2, 0.25) is 5.91 Å². The lowest BCUT2D eigenvalue weighted by molar-refractivity contribution is -0.123. The lowest BCUT2D eigenvalue weighted by Gasteiger charge is -2.19. The van der Waals surface area contributed by atoms with Crippen molar-refractivity contribution in [1.82, 2.24) is 21.3 Å². The van der Waals surface area contributed by atoms with Gasteiger partial charge in [-0.15, -0.1) is 0 Å². The smallest absolute Gasteiger partial charge is 0.413 e. The number of nitrogens with one attached hydrogen (secondary N) is 4. The van der Waals surface area contributed by atoms with Crippen LogP contribution in [0, 0.1) is 0 Å². The molecule has 0 saturated carbocycles. The number of hydrogen-bond donors (Lipinski definition) is 4. The van der Waals surface area contributed by atoms with Crippen LogP contribution in [0.15, 0.2) is 78.9 Å². The minimum atomic E-state index is -1.08. The molecule has 3 aromatic carbocycles. The van der Waals surface area contributed by atoms with Crippen LogP contribution in [0.3, 0.4) is 0 Å². The molecule has 1 aliphatic rings. The van der Waals surface area contributed by atoms with E-state index >= 15 is 0 Å². The summed E-state index contributed by atoms with van der Waals surface area (Å²) in [6.07, 6.45) is 1.57. The Hall–Kier alpha value is -5.39. The lowest BCUT2D eigenvalue weighted by Crippen LogP contribution is -2.48. The number of carbonyl (C=O) groups is 5. The SMILES string of the molecule is CC(C)(C)OC(=O)NCCCCCC(=O)NCCCCC(NC(=O)OCc1ccccc1)C(=O)NC(=O)OCC1c2ccccc2-c2ccccc21. The first-order chi connectivity index (χ1) is 25.0. The quantitative estimate of drug-likeness (QED) is 0.0886. The molecule has 52 heavy (non-hydrogen) atoms. The first-order valence-corrected chi connectivity index (χ1v) is 17.9. The molecule has 0 aliphatic heterocycles. The molecule has 4 rings (SSSR count). The fourth-order valence-electron chi connectivity index (χ4n) is 5.88. The molecule has 5 amide bonds. The third-order valence-electron chi connectivity index (χ3n) is 8.38. The zero-order chi connectivity index (χ0) is 37.3. The van der Waals surface area contributed by atoms with Crippen LogP contribution < -0.4 is 21.3 Å². The van der Waals surface area contributed by atoms with Gasteiger partial charge in [-0.2, -0.15) is 0 Å². The highest BCUT2D eigenvalue weighted by Gasteiger charge is 2.30. The normalized spacial score (nSPS) is 12.4. The Morgan fingerprint density at radius 1 is 0.673 bits per heavy atom. The van der Waals surface area contributed by atoms with E-state index in [-0.39, 0.29) is 31.5 Å². The van der Waals surface area contributed by atoms with Crippen LogP contribution in [0.2, 0.25) is 0 Å². The number of alkyl carbamates (subject to hydrolysis) is 3. The van der Waals surface area contributed by atoms with Crippen LogP contribution in [-0.2, 0) is 30.4 Å². The second kappa shape index (κ2) is 19.9. The van der Waals surface area contributed by atoms with Crippen molar-refractivity contribution in [3.63, 3.8) is 0 Å². The first kappa shape index (κ1) is 39.4. The van der Waals surface area contributed by atoms with Gasteiger partial charge in [0.25, 0.3) is 5.91 Å². The van der Waals surface area contributed by atoms with Crippen LogP contribution in [-0.4, -0.2) is 61.4 Å². The van der Waals surface area contributed by atoms with Gasteiger partial charge in [-0.05, 0) is 80.7 Å². The summed E-state index contributed by atoms with van der Waals surface area (Å²) >= 11 is 0. The molecule has 1 aliphatic carbocycles. The van der Waals surface area contributed by atoms with E-state index in [0.29, 0.717) is 38.8 Å². The molecule has 3 aromatic rings. The molecule has 1 unspecified atom stereocenters. The van der Waals surface area contributed by atoms with Crippen molar-refractivity contribution < 1.29 is 38.2 Å². The molecule has 0 heterocycles. The van der Waals surface area contributed by atoms with E-state index in [9.17, 15) is 24.0 Å². The number of hydrogen-bond acceptors (Lipinski definition) is 8. The summed E-state index contributed by atoms with van der Waals surface area (Å²) < 4.78 is 16.1. The van der Waals surface area contributed by atoms with Crippen molar-refractivity contribution in [3.8, 4) is 11.1 Å². The Morgan fingerprint density at radius 2 is 1.29 bits per heavy atom. The summed E-state index contributed by atoms with van der Waals surface area (Å²) in [5.41, 5.74) is 4.49. The second-order valence-corrected chi connectivity index (χ2v) is 13.7. The van der Waals surface area contributed by atoms with Gasteiger partial charge in [0, 0.05) is 25.4 Å². The van der Waals surface area contributed by atoms with Gasteiger partial charge >= 0.3 is 18.3 Å². The Morgan fingerprint density at radius 3 is 1.96 bits per heavy atom. The minimum absolute atomic E-state index is 0.0136. The van der Waals surface area contributed by atoms with Gasteiger partial charge in [0.1, 0.15) is 24.9 Å². The molecule has 12 heteroatoms. The highest BCUT2D eigenvalue weighted by molar-refractivity contribution is 5.96. The number of ether oxygens (including phenoxy) is 3. The van der Waals surface area contributed by atoms with Gasteiger partial charge in [-0.1, -0.05) is 85.3 Å². The van der Waals surface area contributed by atoms with Crippen molar-refractivity contribution in [1.29, 1.82) is 0 Å². The topological polar surface area (TPSA) is 161 Å². The molecule has 0 aromatic heterocycles. The zero-order valence-corrected chi connectivity index (χ0v) is 30.2. The van der Waals surface area contributed by atoms with Gasteiger partial charge in [0.15, 0.2) is 0 Å². The maximum absolute atomic E-state index is 13.2. The lowest BCUT2D eigenvalue weighted by atomic mass is 9.98.